The van der Waals surface area contributed by atoms with E-state index in [9.17, 15) is 9.59 Å². The minimum atomic E-state index is -0.390. The molecule has 184 valence electrons. The molecule has 2 aromatic heterocycles. The molecular weight excluding hydrogens is 482 g/mol. The van der Waals surface area contributed by atoms with Gasteiger partial charge in [0.25, 0.3) is 0 Å². The smallest absolute Gasteiger partial charge is 0.341 e. The number of hydrogen-bond donors (Lipinski definition) is 2. The standard InChI is InChI=1S/C25H29N5O3S2/c1-4-13-30-20(15-26-17-10-8-16(2)9-11-17)28-29-25(30)34-14-12-21(31)27-23-22(24(32)33-3)18-6-5-7-19(18)35-23/h4,8-11,26H,1,5-7,12-15H2,2-3H3,(H,27,31). The van der Waals surface area contributed by atoms with Crippen LogP contribution in [0, 0.1) is 6.92 Å². The summed E-state index contributed by atoms with van der Waals surface area (Å²) in [5, 5.41) is 16.3. The largest absolute Gasteiger partial charge is 0.465 e. The van der Waals surface area contributed by atoms with Gasteiger partial charge in [-0.15, -0.1) is 28.1 Å². The molecule has 1 aliphatic carbocycles. The van der Waals surface area contributed by atoms with Crippen LogP contribution in [0.3, 0.4) is 0 Å². The molecule has 10 heteroatoms. The summed E-state index contributed by atoms with van der Waals surface area (Å²) in [5.74, 6) is 0.802. The number of carbonyl (C=O) groups excluding carboxylic acids is 2. The Kier molecular flexibility index (Phi) is 8.25. The monoisotopic (exact) mass is 511 g/mol. The van der Waals surface area contributed by atoms with Crippen molar-refractivity contribution in [3.05, 3.63) is 64.3 Å². The fraction of sp³-hybridized carbons (Fsp3) is 0.360. The predicted octanol–water partition coefficient (Wildman–Crippen LogP) is 4.84. The van der Waals surface area contributed by atoms with Crippen molar-refractivity contribution in [2.75, 3.05) is 23.5 Å². The summed E-state index contributed by atoms with van der Waals surface area (Å²) in [6.07, 6.45) is 4.91. The van der Waals surface area contributed by atoms with Crippen LogP contribution in [-0.2, 0) is 35.5 Å². The number of allylic oxidation sites excluding steroid dienone is 1. The van der Waals surface area contributed by atoms with Gasteiger partial charge in [0.1, 0.15) is 5.00 Å². The van der Waals surface area contributed by atoms with Gasteiger partial charge in [-0.25, -0.2) is 4.79 Å². The summed E-state index contributed by atoms with van der Waals surface area (Å²) in [6, 6.07) is 8.18. The summed E-state index contributed by atoms with van der Waals surface area (Å²) in [7, 11) is 1.37. The Morgan fingerprint density at radius 1 is 1.26 bits per heavy atom. The lowest BCUT2D eigenvalue weighted by molar-refractivity contribution is -0.115. The van der Waals surface area contributed by atoms with E-state index in [1.807, 2.05) is 16.7 Å². The summed E-state index contributed by atoms with van der Waals surface area (Å²) in [6.45, 7) is 7.01. The van der Waals surface area contributed by atoms with Crippen molar-refractivity contribution in [2.24, 2.45) is 0 Å². The topological polar surface area (TPSA) is 98.1 Å². The molecule has 8 nitrogen and oxygen atoms in total. The molecule has 2 N–H and O–H groups in total. The Labute approximate surface area is 213 Å². The van der Waals surface area contributed by atoms with Gasteiger partial charge in [-0.3, -0.25) is 4.79 Å². The number of rotatable bonds is 11. The molecule has 0 saturated heterocycles. The molecule has 1 aromatic carbocycles. The van der Waals surface area contributed by atoms with Crippen LogP contribution in [0.15, 0.2) is 42.1 Å². The number of benzene rings is 1. The number of hydrogen-bond acceptors (Lipinski definition) is 8. The summed E-state index contributed by atoms with van der Waals surface area (Å²) >= 11 is 2.96. The van der Waals surface area contributed by atoms with Gasteiger partial charge in [0, 0.05) is 29.3 Å². The van der Waals surface area contributed by atoms with Gasteiger partial charge in [-0.05, 0) is 43.9 Å². The van der Waals surface area contributed by atoms with Crippen LogP contribution < -0.4 is 10.6 Å². The highest BCUT2D eigenvalue weighted by molar-refractivity contribution is 7.99. The fourth-order valence-corrected chi connectivity index (χ4v) is 6.15. The quantitative estimate of drug-likeness (QED) is 0.216. The Morgan fingerprint density at radius 2 is 2.06 bits per heavy atom. The second-order valence-electron chi connectivity index (χ2n) is 8.22. The van der Waals surface area contributed by atoms with Gasteiger partial charge >= 0.3 is 5.97 Å². The fourth-order valence-electron chi connectivity index (χ4n) is 3.96. The molecule has 0 bridgehead atoms. The molecule has 0 spiro atoms. The van der Waals surface area contributed by atoms with E-state index in [4.69, 9.17) is 4.74 Å². The highest BCUT2D eigenvalue weighted by Gasteiger charge is 2.28. The predicted molar refractivity (Wildman–Crippen MR) is 140 cm³/mol. The van der Waals surface area contributed by atoms with Crippen LogP contribution in [-0.4, -0.2) is 39.5 Å². The number of nitrogens with zero attached hydrogens (tertiary/aromatic N) is 3. The minimum Gasteiger partial charge on any atom is -0.465 e. The number of ether oxygens (including phenoxy) is 1. The second kappa shape index (κ2) is 11.5. The van der Waals surface area contributed by atoms with E-state index in [1.54, 1.807) is 6.08 Å². The molecule has 0 radical (unpaired) electrons. The first-order chi connectivity index (χ1) is 17.0. The van der Waals surface area contributed by atoms with Crippen molar-refractivity contribution in [3.8, 4) is 0 Å². The molecule has 0 fully saturated rings. The summed E-state index contributed by atoms with van der Waals surface area (Å²) in [5.41, 5.74) is 3.76. The van der Waals surface area contributed by atoms with Crippen molar-refractivity contribution in [1.29, 1.82) is 0 Å². The summed E-state index contributed by atoms with van der Waals surface area (Å²) < 4.78 is 6.95. The van der Waals surface area contributed by atoms with Crippen LogP contribution in [0.2, 0.25) is 0 Å². The maximum Gasteiger partial charge on any atom is 0.341 e. The molecule has 0 aliphatic heterocycles. The third-order valence-electron chi connectivity index (χ3n) is 5.73. The van der Waals surface area contributed by atoms with E-state index in [2.05, 4.69) is 46.5 Å². The van der Waals surface area contributed by atoms with Crippen LogP contribution in [0.25, 0.3) is 0 Å². The third-order valence-corrected chi connectivity index (χ3v) is 7.91. The Hall–Kier alpha value is -3.11. The maximum absolute atomic E-state index is 12.7. The van der Waals surface area contributed by atoms with Crippen LogP contribution in [0.5, 0.6) is 0 Å². The first-order valence-electron chi connectivity index (χ1n) is 11.5. The van der Waals surface area contributed by atoms with Crippen LogP contribution >= 0.6 is 23.1 Å². The number of methoxy groups -OCH3 is 1. The molecule has 0 saturated carbocycles. The molecule has 2 heterocycles. The van der Waals surface area contributed by atoms with Crippen LogP contribution in [0.4, 0.5) is 10.7 Å². The number of nitrogens with one attached hydrogen (secondary N) is 2. The van der Waals surface area contributed by atoms with E-state index in [0.29, 0.717) is 29.4 Å². The number of thioether (sulfide) groups is 1. The zero-order valence-corrected chi connectivity index (χ0v) is 21.6. The van der Waals surface area contributed by atoms with Crippen molar-refractivity contribution >= 4 is 45.7 Å². The SMILES string of the molecule is C=CCn1c(CNc2ccc(C)cc2)nnc1SCCC(=O)Nc1sc2c(c1C(=O)OC)CCC2. The lowest BCUT2D eigenvalue weighted by Crippen LogP contribution is -2.15. The first kappa shape index (κ1) is 25.0. The molecule has 0 atom stereocenters. The highest BCUT2D eigenvalue weighted by atomic mass is 32.2. The van der Waals surface area contributed by atoms with Gasteiger partial charge in [0.05, 0.1) is 19.2 Å². The van der Waals surface area contributed by atoms with Gasteiger partial charge in [-0.2, -0.15) is 0 Å². The minimum absolute atomic E-state index is 0.140. The average Bonchev–Trinajstić information content (AvgIpc) is 3.54. The Balaban J connectivity index is 1.34. The molecule has 1 amide bonds. The van der Waals surface area contributed by atoms with Crippen molar-refractivity contribution in [1.82, 2.24) is 14.8 Å². The van der Waals surface area contributed by atoms with E-state index in [-0.39, 0.29) is 12.3 Å². The number of esters is 1. The number of anilines is 2. The van der Waals surface area contributed by atoms with Gasteiger partial charge in [0.15, 0.2) is 11.0 Å². The molecule has 4 rings (SSSR count). The van der Waals surface area contributed by atoms with Crippen molar-refractivity contribution < 1.29 is 14.3 Å². The Bertz CT molecular complexity index is 1220. The van der Waals surface area contributed by atoms with Gasteiger partial charge in [-0.1, -0.05) is 35.5 Å². The number of aryl methyl sites for hydroxylation is 2. The lowest BCUT2D eigenvalue weighted by Gasteiger charge is -2.10. The van der Waals surface area contributed by atoms with Crippen molar-refractivity contribution in [2.45, 2.75) is 50.9 Å². The van der Waals surface area contributed by atoms with E-state index >= 15 is 0 Å². The number of aromatic nitrogens is 3. The molecule has 35 heavy (non-hydrogen) atoms. The number of carbonyl (C=O) groups is 2. The number of fused-ring (bicyclic) bond motifs is 1. The van der Waals surface area contributed by atoms with Gasteiger partial charge < -0.3 is 19.9 Å². The number of amides is 1. The van der Waals surface area contributed by atoms with E-state index in [1.165, 1.54) is 40.6 Å². The summed E-state index contributed by atoms with van der Waals surface area (Å²) in [4.78, 5) is 26.1. The zero-order chi connectivity index (χ0) is 24.8. The Morgan fingerprint density at radius 3 is 2.80 bits per heavy atom. The molecule has 3 aromatic rings. The lowest BCUT2D eigenvalue weighted by atomic mass is 10.1. The third kappa shape index (κ3) is 5.94. The highest BCUT2D eigenvalue weighted by Crippen LogP contribution is 2.39. The van der Waals surface area contributed by atoms with Crippen molar-refractivity contribution in [3.63, 3.8) is 0 Å². The molecule has 1 aliphatic rings. The van der Waals surface area contributed by atoms with E-state index in [0.717, 1.165) is 41.5 Å². The van der Waals surface area contributed by atoms with Crippen LogP contribution in [0.1, 0.15) is 45.0 Å². The number of thiophene rings is 1. The maximum atomic E-state index is 12.7. The first-order valence-corrected chi connectivity index (χ1v) is 13.3. The van der Waals surface area contributed by atoms with Gasteiger partial charge in [0.2, 0.25) is 5.91 Å². The zero-order valence-electron chi connectivity index (χ0n) is 19.9. The average molecular weight is 512 g/mol. The molecular formula is C25H29N5O3S2. The van der Waals surface area contributed by atoms with E-state index < -0.39 is 5.97 Å². The normalized spacial score (nSPS) is 12.3. The second-order valence-corrected chi connectivity index (χ2v) is 10.4. The molecule has 0 unspecified atom stereocenters.